The molecular weight excluding hydrogens is 428 g/mol. The summed E-state index contributed by atoms with van der Waals surface area (Å²) in [6, 6.07) is 17.8. The van der Waals surface area contributed by atoms with Crippen molar-refractivity contribution in [2.24, 2.45) is 0 Å². The van der Waals surface area contributed by atoms with E-state index in [0.717, 1.165) is 74.7 Å². The molecule has 0 aliphatic carbocycles. The molecule has 2 aliphatic rings. The summed E-state index contributed by atoms with van der Waals surface area (Å²) in [5.41, 5.74) is 4.68. The SMILES string of the molecule is O=C(Nc1ccc(-c2ccnc(Nc3ccc(N4CCOCC4)cc3)n2)cc1)[C@H]1CCCCN1. The molecule has 0 saturated carbocycles. The molecule has 1 aromatic heterocycles. The van der Waals surface area contributed by atoms with E-state index in [4.69, 9.17) is 4.74 Å². The number of rotatable bonds is 6. The lowest BCUT2D eigenvalue weighted by Crippen LogP contribution is -2.43. The number of hydrogen-bond acceptors (Lipinski definition) is 7. The Hall–Kier alpha value is -3.49. The van der Waals surface area contributed by atoms with E-state index in [1.165, 1.54) is 5.69 Å². The van der Waals surface area contributed by atoms with Gasteiger partial charge >= 0.3 is 0 Å². The van der Waals surface area contributed by atoms with Crippen molar-refractivity contribution in [2.45, 2.75) is 25.3 Å². The first-order valence-electron chi connectivity index (χ1n) is 11.9. The summed E-state index contributed by atoms with van der Waals surface area (Å²) in [5, 5.41) is 9.57. The van der Waals surface area contributed by atoms with Crippen LogP contribution in [-0.4, -0.2) is 54.8 Å². The number of carbonyl (C=O) groups excluding carboxylic acids is 1. The lowest BCUT2D eigenvalue weighted by Gasteiger charge is -2.28. The average molecular weight is 459 g/mol. The average Bonchev–Trinajstić information content (AvgIpc) is 2.91. The molecule has 3 heterocycles. The number of benzene rings is 2. The Bertz CT molecular complexity index is 1090. The zero-order chi connectivity index (χ0) is 23.2. The van der Waals surface area contributed by atoms with Gasteiger partial charge in [0.25, 0.3) is 0 Å². The first-order valence-corrected chi connectivity index (χ1v) is 11.9. The van der Waals surface area contributed by atoms with Crippen LogP contribution in [0, 0.1) is 0 Å². The van der Waals surface area contributed by atoms with Gasteiger partial charge in [-0.15, -0.1) is 0 Å². The Morgan fingerprint density at radius 2 is 1.74 bits per heavy atom. The van der Waals surface area contributed by atoms with E-state index in [1.807, 2.05) is 42.5 Å². The second-order valence-corrected chi connectivity index (χ2v) is 8.61. The van der Waals surface area contributed by atoms with Crippen molar-refractivity contribution < 1.29 is 9.53 Å². The number of amides is 1. The second kappa shape index (κ2) is 10.6. The van der Waals surface area contributed by atoms with Gasteiger partial charge < -0.3 is 25.6 Å². The fourth-order valence-electron chi connectivity index (χ4n) is 4.32. The normalized spacial score (nSPS) is 18.4. The highest BCUT2D eigenvalue weighted by molar-refractivity contribution is 5.95. The summed E-state index contributed by atoms with van der Waals surface area (Å²) < 4.78 is 5.43. The molecule has 8 nitrogen and oxygen atoms in total. The van der Waals surface area contributed by atoms with Gasteiger partial charge in [-0.3, -0.25) is 4.79 Å². The Balaban J connectivity index is 1.21. The summed E-state index contributed by atoms with van der Waals surface area (Å²) in [6.45, 7) is 4.27. The van der Waals surface area contributed by atoms with Crippen molar-refractivity contribution in [3.8, 4) is 11.3 Å². The van der Waals surface area contributed by atoms with Crippen LogP contribution in [0.2, 0.25) is 0 Å². The first-order chi connectivity index (χ1) is 16.7. The minimum absolute atomic E-state index is 0.0283. The van der Waals surface area contributed by atoms with Crippen molar-refractivity contribution in [3.63, 3.8) is 0 Å². The van der Waals surface area contributed by atoms with Crippen LogP contribution in [0.4, 0.5) is 23.0 Å². The van der Waals surface area contributed by atoms with Crippen molar-refractivity contribution in [1.29, 1.82) is 0 Å². The molecule has 0 radical (unpaired) electrons. The van der Waals surface area contributed by atoms with E-state index in [2.05, 4.69) is 43.0 Å². The third kappa shape index (κ3) is 5.52. The molecule has 2 aliphatic heterocycles. The summed E-state index contributed by atoms with van der Waals surface area (Å²) >= 11 is 0. The van der Waals surface area contributed by atoms with Crippen molar-refractivity contribution >= 4 is 28.9 Å². The quantitative estimate of drug-likeness (QED) is 0.517. The van der Waals surface area contributed by atoms with Gasteiger partial charge in [-0.1, -0.05) is 18.6 Å². The minimum atomic E-state index is -0.105. The van der Waals surface area contributed by atoms with Gasteiger partial charge in [0.1, 0.15) is 0 Å². The summed E-state index contributed by atoms with van der Waals surface area (Å²) in [7, 11) is 0. The highest BCUT2D eigenvalue weighted by atomic mass is 16.5. The lowest BCUT2D eigenvalue weighted by molar-refractivity contribution is -0.118. The van der Waals surface area contributed by atoms with Crippen LogP contribution in [0.3, 0.4) is 0 Å². The maximum atomic E-state index is 12.4. The fraction of sp³-hybridized carbons (Fsp3) is 0.346. The van der Waals surface area contributed by atoms with E-state index < -0.39 is 0 Å². The zero-order valence-corrected chi connectivity index (χ0v) is 19.2. The van der Waals surface area contributed by atoms with Gasteiger partial charge in [0.2, 0.25) is 11.9 Å². The summed E-state index contributed by atoms with van der Waals surface area (Å²) in [4.78, 5) is 23.8. The molecule has 1 atom stereocenters. The third-order valence-electron chi connectivity index (χ3n) is 6.23. The molecule has 5 rings (SSSR count). The van der Waals surface area contributed by atoms with Gasteiger partial charge in [-0.05, 0) is 61.9 Å². The predicted molar refractivity (Wildman–Crippen MR) is 134 cm³/mol. The van der Waals surface area contributed by atoms with Crippen molar-refractivity contribution in [1.82, 2.24) is 15.3 Å². The van der Waals surface area contributed by atoms with Gasteiger partial charge in [0.15, 0.2) is 0 Å². The highest BCUT2D eigenvalue weighted by Gasteiger charge is 2.20. The number of nitrogens with zero attached hydrogens (tertiary/aromatic N) is 3. The van der Waals surface area contributed by atoms with Gasteiger partial charge in [0.05, 0.1) is 24.9 Å². The molecule has 34 heavy (non-hydrogen) atoms. The third-order valence-corrected chi connectivity index (χ3v) is 6.23. The number of aromatic nitrogens is 2. The molecule has 3 N–H and O–H groups in total. The van der Waals surface area contributed by atoms with E-state index in [-0.39, 0.29) is 11.9 Å². The Morgan fingerprint density at radius 1 is 0.971 bits per heavy atom. The van der Waals surface area contributed by atoms with Crippen LogP contribution in [-0.2, 0) is 9.53 Å². The van der Waals surface area contributed by atoms with Crippen LogP contribution >= 0.6 is 0 Å². The topological polar surface area (TPSA) is 91.4 Å². The van der Waals surface area contributed by atoms with Crippen LogP contribution < -0.4 is 20.9 Å². The smallest absolute Gasteiger partial charge is 0.241 e. The molecule has 0 bridgehead atoms. The van der Waals surface area contributed by atoms with Crippen molar-refractivity contribution in [2.75, 3.05) is 48.4 Å². The van der Waals surface area contributed by atoms with Crippen LogP contribution in [0.25, 0.3) is 11.3 Å². The Morgan fingerprint density at radius 3 is 2.47 bits per heavy atom. The van der Waals surface area contributed by atoms with Gasteiger partial charge in [0, 0.05) is 41.9 Å². The molecular formula is C26H30N6O2. The van der Waals surface area contributed by atoms with Gasteiger partial charge in [-0.25, -0.2) is 9.97 Å². The monoisotopic (exact) mass is 458 g/mol. The molecule has 2 saturated heterocycles. The fourth-order valence-corrected chi connectivity index (χ4v) is 4.32. The van der Waals surface area contributed by atoms with Crippen LogP contribution in [0.15, 0.2) is 60.8 Å². The lowest BCUT2D eigenvalue weighted by atomic mass is 10.0. The number of anilines is 4. The van der Waals surface area contributed by atoms with Gasteiger partial charge in [-0.2, -0.15) is 0 Å². The highest BCUT2D eigenvalue weighted by Crippen LogP contribution is 2.24. The van der Waals surface area contributed by atoms with E-state index in [1.54, 1.807) is 6.20 Å². The maximum Gasteiger partial charge on any atom is 0.241 e. The molecule has 0 unspecified atom stereocenters. The van der Waals surface area contributed by atoms with E-state index in [0.29, 0.717) is 5.95 Å². The molecule has 2 aromatic carbocycles. The van der Waals surface area contributed by atoms with Crippen LogP contribution in [0.5, 0.6) is 0 Å². The number of carbonyl (C=O) groups is 1. The zero-order valence-electron chi connectivity index (χ0n) is 19.2. The largest absolute Gasteiger partial charge is 0.378 e. The number of ether oxygens (including phenoxy) is 1. The molecule has 3 aromatic rings. The number of nitrogens with one attached hydrogen (secondary N) is 3. The second-order valence-electron chi connectivity index (χ2n) is 8.61. The molecule has 1 amide bonds. The Kier molecular flexibility index (Phi) is 6.97. The van der Waals surface area contributed by atoms with Crippen molar-refractivity contribution in [3.05, 3.63) is 60.8 Å². The van der Waals surface area contributed by atoms with E-state index in [9.17, 15) is 4.79 Å². The molecule has 176 valence electrons. The number of morpholine rings is 1. The van der Waals surface area contributed by atoms with Crippen LogP contribution in [0.1, 0.15) is 19.3 Å². The molecule has 2 fully saturated rings. The predicted octanol–water partition coefficient (Wildman–Crippen LogP) is 3.80. The minimum Gasteiger partial charge on any atom is -0.378 e. The number of piperidine rings is 1. The molecule has 0 spiro atoms. The maximum absolute atomic E-state index is 12.4. The summed E-state index contributed by atoms with van der Waals surface area (Å²) in [5.74, 6) is 0.568. The summed E-state index contributed by atoms with van der Waals surface area (Å²) in [6.07, 6.45) is 4.86. The van der Waals surface area contributed by atoms with E-state index >= 15 is 0 Å². The first kappa shape index (κ1) is 22.3. The molecule has 8 heteroatoms. The number of hydrogen-bond donors (Lipinski definition) is 3. The standard InChI is InChI=1S/C26H30N6O2/c33-25(24-3-1-2-13-27-24)29-20-6-4-19(5-7-20)23-12-14-28-26(31-23)30-21-8-10-22(11-9-21)32-15-17-34-18-16-32/h4-12,14,24,27H,1-3,13,15-18H2,(H,29,33)(H,28,30,31)/t24-/m1/s1. The Labute approximate surface area is 199 Å².